The highest BCUT2D eigenvalue weighted by Gasteiger charge is 2.13. The first kappa shape index (κ1) is 21.0. The number of morpholine rings is 1. The molecule has 0 bridgehead atoms. The number of H-pyrrole nitrogens is 1. The minimum absolute atomic E-state index is 0.135. The smallest absolute Gasteiger partial charge is 0.261 e. The monoisotopic (exact) mass is 417 g/mol. The number of aromatic nitrogens is 1. The van der Waals surface area contributed by atoms with Gasteiger partial charge in [-0.1, -0.05) is 54.6 Å². The van der Waals surface area contributed by atoms with Crippen molar-refractivity contribution >= 4 is 5.91 Å². The Kier molecular flexibility index (Phi) is 6.92. The lowest BCUT2D eigenvalue weighted by Crippen LogP contribution is -2.38. The Bertz CT molecular complexity index is 1060. The number of pyridine rings is 1. The normalized spacial score (nSPS) is 14.3. The first-order valence-electron chi connectivity index (χ1n) is 10.7. The second-order valence-corrected chi connectivity index (χ2v) is 7.62. The fraction of sp³-hybridized carbons (Fsp3) is 0.280. The second kappa shape index (κ2) is 10.2. The van der Waals surface area contributed by atoms with Gasteiger partial charge in [0.05, 0.1) is 13.2 Å². The van der Waals surface area contributed by atoms with E-state index in [1.165, 1.54) is 0 Å². The summed E-state index contributed by atoms with van der Waals surface area (Å²) in [6.07, 6.45) is 0.843. The summed E-state index contributed by atoms with van der Waals surface area (Å²) in [7, 11) is 0. The number of amides is 1. The van der Waals surface area contributed by atoms with Crippen molar-refractivity contribution in [1.29, 1.82) is 0 Å². The van der Waals surface area contributed by atoms with Crippen LogP contribution in [0.3, 0.4) is 0 Å². The van der Waals surface area contributed by atoms with Crippen molar-refractivity contribution in [3.05, 3.63) is 82.6 Å². The zero-order valence-electron chi connectivity index (χ0n) is 17.5. The third-order valence-electron chi connectivity index (χ3n) is 5.50. The Morgan fingerprint density at radius 1 is 0.903 bits per heavy atom. The zero-order chi connectivity index (χ0) is 21.5. The number of benzene rings is 2. The summed E-state index contributed by atoms with van der Waals surface area (Å²) in [6.45, 7) is 4.85. The van der Waals surface area contributed by atoms with Gasteiger partial charge >= 0.3 is 0 Å². The first-order chi connectivity index (χ1) is 15.2. The average molecular weight is 418 g/mol. The number of carbonyl (C=O) groups is 1. The van der Waals surface area contributed by atoms with Gasteiger partial charge in [-0.3, -0.25) is 14.5 Å². The van der Waals surface area contributed by atoms with Gasteiger partial charge in [-0.25, -0.2) is 0 Å². The largest absolute Gasteiger partial charge is 0.379 e. The van der Waals surface area contributed by atoms with Crippen LogP contribution in [0.25, 0.3) is 22.4 Å². The van der Waals surface area contributed by atoms with E-state index in [1.807, 2.05) is 42.5 Å². The maximum absolute atomic E-state index is 12.5. The van der Waals surface area contributed by atoms with E-state index in [1.54, 1.807) is 12.1 Å². The fourth-order valence-electron chi connectivity index (χ4n) is 3.72. The molecule has 3 aromatic rings. The number of rotatable bonds is 7. The molecule has 0 atom stereocenters. The van der Waals surface area contributed by atoms with Crippen molar-refractivity contribution in [2.45, 2.75) is 6.42 Å². The summed E-state index contributed by atoms with van der Waals surface area (Å²) >= 11 is 0. The standard InChI is InChI=1S/C25H27N3O3/c29-24(26-13-4-14-28-15-17-31-18-16-28)22-11-12-23(27-25(22)30)21-9-7-20(8-10-21)19-5-2-1-3-6-19/h1-3,5-12H,4,13-18H2,(H,26,29)(H,27,30). The fourth-order valence-corrected chi connectivity index (χ4v) is 3.72. The molecule has 1 aliphatic heterocycles. The number of aromatic amines is 1. The molecule has 1 aromatic heterocycles. The van der Waals surface area contributed by atoms with Gasteiger partial charge in [-0.05, 0) is 41.8 Å². The number of nitrogens with one attached hydrogen (secondary N) is 2. The van der Waals surface area contributed by atoms with E-state index in [0.717, 1.165) is 56.0 Å². The van der Waals surface area contributed by atoms with Gasteiger partial charge in [0.15, 0.2) is 0 Å². The molecule has 0 unspecified atom stereocenters. The van der Waals surface area contributed by atoms with E-state index in [4.69, 9.17) is 4.74 Å². The minimum atomic E-state index is -0.379. The molecule has 2 N–H and O–H groups in total. The van der Waals surface area contributed by atoms with Crippen molar-refractivity contribution in [2.24, 2.45) is 0 Å². The number of hydrogen-bond donors (Lipinski definition) is 2. The van der Waals surface area contributed by atoms with Crippen LogP contribution in [0.2, 0.25) is 0 Å². The lowest BCUT2D eigenvalue weighted by Gasteiger charge is -2.26. The Labute approximate surface area is 181 Å². The number of ether oxygens (including phenoxy) is 1. The van der Waals surface area contributed by atoms with Gasteiger partial charge in [0.2, 0.25) is 0 Å². The summed E-state index contributed by atoms with van der Waals surface area (Å²) in [5, 5.41) is 2.85. The molecule has 31 heavy (non-hydrogen) atoms. The molecule has 6 nitrogen and oxygen atoms in total. The molecular formula is C25H27N3O3. The molecule has 1 saturated heterocycles. The van der Waals surface area contributed by atoms with Crippen molar-refractivity contribution in [1.82, 2.24) is 15.2 Å². The topological polar surface area (TPSA) is 74.4 Å². The molecule has 1 amide bonds. The van der Waals surface area contributed by atoms with Crippen LogP contribution in [-0.2, 0) is 4.74 Å². The predicted molar refractivity (Wildman–Crippen MR) is 122 cm³/mol. The molecule has 1 aliphatic rings. The van der Waals surface area contributed by atoms with Gasteiger partial charge in [0.25, 0.3) is 11.5 Å². The lowest BCUT2D eigenvalue weighted by molar-refractivity contribution is 0.0374. The Balaban J connectivity index is 1.35. The van der Waals surface area contributed by atoms with E-state index in [0.29, 0.717) is 12.2 Å². The first-order valence-corrected chi connectivity index (χ1v) is 10.7. The maximum Gasteiger partial charge on any atom is 0.261 e. The van der Waals surface area contributed by atoms with E-state index in [9.17, 15) is 9.59 Å². The van der Waals surface area contributed by atoms with Gasteiger partial charge in [0, 0.05) is 25.3 Å². The second-order valence-electron chi connectivity index (χ2n) is 7.62. The summed E-state index contributed by atoms with van der Waals surface area (Å²) in [5.41, 5.74) is 3.59. The molecule has 0 radical (unpaired) electrons. The SMILES string of the molecule is O=C(NCCCN1CCOCC1)c1ccc(-c2ccc(-c3ccccc3)cc2)[nH]c1=O. The highest BCUT2D eigenvalue weighted by molar-refractivity contribution is 5.94. The van der Waals surface area contributed by atoms with E-state index in [2.05, 4.69) is 27.3 Å². The van der Waals surface area contributed by atoms with Crippen LogP contribution >= 0.6 is 0 Å². The minimum Gasteiger partial charge on any atom is -0.379 e. The summed E-state index contributed by atoms with van der Waals surface area (Å²) in [6, 6.07) is 21.5. The van der Waals surface area contributed by atoms with Gasteiger partial charge in [-0.15, -0.1) is 0 Å². The number of nitrogens with zero attached hydrogens (tertiary/aromatic N) is 1. The molecule has 2 heterocycles. The van der Waals surface area contributed by atoms with Crippen LogP contribution in [0, 0.1) is 0 Å². The Morgan fingerprint density at radius 2 is 1.58 bits per heavy atom. The molecule has 0 spiro atoms. The van der Waals surface area contributed by atoms with Crippen molar-refractivity contribution in [3.8, 4) is 22.4 Å². The Morgan fingerprint density at radius 3 is 2.29 bits per heavy atom. The van der Waals surface area contributed by atoms with Gasteiger partial charge < -0.3 is 15.0 Å². The van der Waals surface area contributed by atoms with Crippen molar-refractivity contribution < 1.29 is 9.53 Å². The zero-order valence-corrected chi connectivity index (χ0v) is 17.5. The van der Waals surface area contributed by atoms with Crippen LogP contribution in [0.4, 0.5) is 0 Å². The summed E-state index contributed by atoms with van der Waals surface area (Å²) in [5.74, 6) is -0.339. The third-order valence-corrected chi connectivity index (χ3v) is 5.50. The van der Waals surface area contributed by atoms with E-state index >= 15 is 0 Å². The highest BCUT2D eigenvalue weighted by atomic mass is 16.5. The molecule has 0 saturated carbocycles. The summed E-state index contributed by atoms with van der Waals surface area (Å²) in [4.78, 5) is 30.0. The van der Waals surface area contributed by atoms with Crippen LogP contribution in [-0.4, -0.2) is 55.2 Å². The third kappa shape index (κ3) is 5.48. The molecular weight excluding hydrogens is 390 g/mol. The van der Waals surface area contributed by atoms with Crippen LogP contribution in [0.5, 0.6) is 0 Å². The molecule has 2 aromatic carbocycles. The van der Waals surface area contributed by atoms with Crippen LogP contribution < -0.4 is 10.9 Å². The lowest BCUT2D eigenvalue weighted by atomic mass is 10.0. The van der Waals surface area contributed by atoms with Crippen molar-refractivity contribution in [2.75, 3.05) is 39.4 Å². The molecule has 0 aliphatic carbocycles. The Hall–Kier alpha value is -3.22. The van der Waals surface area contributed by atoms with Gasteiger partial charge in [0.1, 0.15) is 5.56 Å². The van der Waals surface area contributed by atoms with Crippen molar-refractivity contribution in [3.63, 3.8) is 0 Å². The number of hydrogen-bond acceptors (Lipinski definition) is 4. The quantitative estimate of drug-likeness (QED) is 0.579. The van der Waals surface area contributed by atoms with E-state index in [-0.39, 0.29) is 17.0 Å². The van der Waals surface area contributed by atoms with E-state index < -0.39 is 0 Å². The predicted octanol–water partition coefficient (Wildman–Crippen LogP) is 3.16. The van der Waals surface area contributed by atoms with Crippen LogP contribution in [0.15, 0.2) is 71.5 Å². The molecule has 4 rings (SSSR count). The highest BCUT2D eigenvalue weighted by Crippen LogP contribution is 2.23. The molecule has 1 fully saturated rings. The number of carbonyl (C=O) groups excluding carboxylic acids is 1. The maximum atomic E-state index is 12.5. The van der Waals surface area contributed by atoms with Gasteiger partial charge in [-0.2, -0.15) is 0 Å². The summed E-state index contributed by atoms with van der Waals surface area (Å²) < 4.78 is 5.33. The molecule has 160 valence electrons. The average Bonchev–Trinajstić information content (AvgIpc) is 2.83. The molecule has 6 heteroatoms. The van der Waals surface area contributed by atoms with Crippen LogP contribution in [0.1, 0.15) is 16.8 Å².